The van der Waals surface area contributed by atoms with Crippen molar-refractivity contribution in [1.29, 1.82) is 0 Å². The van der Waals surface area contributed by atoms with Gasteiger partial charge in [0.25, 0.3) is 0 Å². The Kier molecular flexibility index (Phi) is 7.42. The monoisotopic (exact) mass is 511 g/mol. The number of carbonyl (C=O) groups excluding carboxylic acids is 1. The van der Waals surface area contributed by atoms with Crippen LogP contribution in [0.2, 0.25) is 0 Å². The second-order valence-corrected chi connectivity index (χ2v) is 9.91. The molecule has 0 spiro atoms. The van der Waals surface area contributed by atoms with E-state index in [1.807, 2.05) is 36.4 Å². The number of likely N-dealkylation sites (N-methyl/N-ethyl adjacent to an activating group) is 1. The Morgan fingerprint density at radius 3 is 2.53 bits per heavy atom. The number of fused-ring (bicyclic) bond motifs is 1. The molecule has 0 saturated heterocycles. The highest BCUT2D eigenvalue weighted by Crippen LogP contribution is 2.34. The van der Waals surface area contributed by atoms with Crippen LogP contribution in [0, 0.1) is 13.8 Å². The molecule has 4 aromatic rings. The van der Waals surface area contributed by atoms with E-state index < -0.39 is 0 Å². The normalized spacial score (nSPS) is 12.8. The summed E-state index contributed by atoms with van der Waals surface area (Å²) in [5.41, 5.74) is 7.01. The lowest BCUT2D eigenvalue weighted by Crippen LogP contribution is -2.37. The molecule has 8 heteroatoms. The van der Waals surface area contributed by atoms with Crippen molar-refractivity contribution in [3.63, 3.8) is 0 Å². The minimum Gasteiger partial charge on any atom is -0.490 e. The molecule has 0 bridgehead atoms. The van der Waals surface area contributed by atoms with E-state index in [1.54, 1.807) is 6.92 Å². The summed E-state index contributed by atoms with van der Waals surface area (Å²) in [4.78, 5) is 21.6. The predicted octanol–water partition coefficient (Wildman–Crippen LogP) is 4.96. The van der Waals surface area contributed by atoms with Gasteiger partial charge in [-0.15, -0.1) is 0 Å². The molecule has 0 unspecified atom stereocenters. The van der Waals surface area contributed by atoms with Gasteiger partial charge in [-0.25, -0.2) is 0 Å². The highest BCUT2D eigenvalue weighted by atomic mass is 16.5. The number of rotatable bonds is 8. The van der Waals surface area contributed by atoms with Crippen molar-refractivity contribution in [3.05, 3.63) is 77.7 Å². The average Bonchev–Trinajstić information content (AvgIpc) is 3.34. The van der Waals surface area contributed by atoms with Crippen LogP contribution in [0.5, 0.6) is 5.75 Å². The molecule has 0 atom stereocenters. The maximum Gasteiger partial charge on any atom is 0.228 e. The maximum absolute atomic E-state index is 12.8. The number of hydrogen-bond acceptors (Lipinski definition) is 7. The molecule has 1 aromatic heterocycles. The molecule has 196 valence electrons. The molecule has 1 aliphatic rings. The van der Waals surface area contributed by atoms with Gasteiger partial charge in [-0.1, -0.05) is 41.6 Å². The van der Waals surface area contributed by atoms with Crippen LogP contribution in [0.4, 0.5) is 11.4 Å². The topological polar surface area (TPSA) is 83.7 Å². The lowest BCUT2D eigenvalue weighted by Gasteiger charge is -2.32. The third-order valence-corrected chi connectivity index (χ3v) is 6.66. The van der Waals surface area contributed by atoms with Crippen molar-refractivity contribution in [2.24, 2.45) is 0 Å². The molecule has 0 fully saturated rings. The number of carbonyl (C=O) groups is 1. The zero-order valence-electron chi connectivity index (χ0n) is 22.3. The van der Waals surface area contributed by atoms with Gasteiger partial charge in [0.1, 0.15) is 12.4 Å². The smallest absolute Gasteiger partial charge is 0.228 e. The Morgan fingerprint density at radius 2 is 1.82 bits per heavy atom. The number of benzene rings is 3. The van der Waals surface area contributed by atoms with Crippen molar-refractivity contribution in [3.8, 4) is 28.3 Å². The van der Waals surface area contributed by atoms with Crippen LogP contribution in [0.25, 0.3) is 22.5 Å². The summed E-state index contributed by atoms with van der Waals surface area (Å²) in [5, 5.41) is 7.06. The van der Waals surface area contributed by atoms with Gasteiger partial charge in [-0.3, -0.25) is 4.79 Å². The number of ether oxygens (including phenoxy) is 1. The van der Waals surface area contributed by atoms with Crippen molar-refractivity contribution in [2.75, 3.05) is 50.6 Å². The fourth-order valence-electron chi connectivity index (χ4n) is 4.64. The minimum atomic E-state index is -0.0507. The summed E-state index contributed by atoms with van der Waals surface area (Å²) in [5.74, 6) is 1.94. The van der Waals surface area contributed by atoms with E-state index in [0.29, 0.717) is 24.7 Å². The third kappa shape index (κ3) is 5.86. The molecule has 8 nitrogen and oxygen atoms in total. The van der Waals surface area contributed by atoms with E-state index in [1.165, 1.54) is 0 Å². The summed E-state index contributed by atoms with van der Waals surface area (Å²) < 4.78 is 10.9. The Morgan fingerprint density at radius 1 is 1.03 bits per heavy atom. The van der Waals surface area contributed by atoms with Crippen LogP contribution < -0.4 is 15.0 Å². The Labute approximate surface area is 223 Å². The first-order valence-electron chi connectivity index (χ1n) is 12.8. The lowest BCUT2D eigenvalue weighted by molar-refractivity contribution is -0.115. The molecule has 5 rings (SSSR count). The maximum atomic E-state index is 12.8. The number of nitrogens with one attached hydrogen (secondary N) is 1. The Bertz CT molecular complexity index is 1430. The molecule has 38 heavy (non-hydrogen) atoms. The Hall–Kier alpha value is -4.17. The van der Waals surface area contributed by atoms with Crippen LogP contribution in [0.3, 0.4) is 0 Å². The zero-order valence-corrected chi connectivity index (χ0v) is 22.3. The average molecular weight is 512 g/mol. The number of nitrogens with zero attached hydrogens (tertiary/aromatic N) is 4. The molecule has 3 aromatic carbocycles. The second kappa shape index (κ2) is 11.1. The standard InChI is InChI=1S/C30H33N5O3/c1-20-17-24(30-31-21(2)38-33-30)9-11-26(20)23-7-5-22(6-8-23)18-29(36)32-25-10-12-28-27(19-25)35(15-16-37-28)14-13-34(3)4/h5-12,17,19H,13-16,18H2,1-4H3,(H,32,36). The SMILES string of the molecule is Cc1nc(-c2ccc(-c3ccc(CC(=O)Nc4ccc5c(c4)N(CCN(C)C)CCO5)cc3)c(C)c2)no1. The van der Waals surface area contributed by atoms with Crippen molar-refractivity contribution in [2.45, 2.75) is 20.3 Å². The van der Waals surface area contributed by atoms with Gasteiger partial charge in [0.05, 0.1) is 18.7 Å². The minimum absolute atomic E-state index is 0.0507. The van der Waals surface area contributed by atoms with Crippen LogP contribution >= 0.6 is 0 Å². The predicted molar refractivity (Wildman–Crippen MR) is 150 cm³/mol. The van der Waals surface area contributed by atoms with Gasteiger partial charge in [-0.05, 0) is 67.5 Å². The third-order valence-electron chi connectivity index (χ3n) is 6.66. The highest BCUT2D eigenvalue weighted by molar-refractivity contribution is 5.93. The number of anilines is 2. The van der Waals surface area contributed by atoms with Crippen LogP contribution in [0.15, 0.2) is 65.2 Å². The lowest BCUT2D eigenvalue weighted by atomic mass is 9.97. The molecule has 1 aliphatic heterocycles. The first-order valence-corrected chi connectivity index (χ1v) is 12.8. The highest BCUT2D eigenvalue weighted by Gasteiger charge is 2.19. The molecular weight excluding hydrogens is 478 g/mol. The van der Waals surface area contributed by atoms with E-state index in [9.17, 15) is 4.79 Å². The first kappa shape index (κ1) is 25.5. The summed E-state index contributed by atoms with van der Waals surface area (Å²) in [6, 6.07) is 20.1. The van der Waals surface area contributed by atoms with Gasteiger partial charge in [0.2, 0.25) is 17.6 Å². The largest absolute Gasteiger partial charge is 0.490 e. The number of hydrogen-bond donors (Lipinski definition) is 1. The van der Waals surface area contributed by atoms with Gasteiger partial charge < -0.3 is 24.4 Å². The zero-order chi connectivity index (χ0) is 26.6. The quantitative estimate of drug-likeness (QED) is 0.358. The fraction of sp³-hybridized carbons (Fsp3) is 0.300. The van der Waals surface area contributed by atoms with E-state index in [2.05, 4.69) is 70.5 Å². The summed E-state index contributed by atoms with van der Waals surface area (Å²) in [7, 11) is 4.14. The molecular formula is C30H33N5O3. The van der Waals surface area contributed by atoms with Crippen LogP contribution in [0.1, 0.15) is 17.0 Å². The van der Waals surface area contributed by atoms with E-state index >= 15 is 0 Å². The van der Waals surface area contributed by atoms with Crippen molar-refractivity contribution < 1.29 is 14.1 Å². The van der Waals surface area contributed by atoms with Crippen LogP contribution in [-0.4, -0.2) is 61.3 Å². The van der Waals surface area contributed by atoms with Gasteiger partial charge in [0.15, 0.2) is 0 Å². The second-order valence-electron chi connectivity index (χ2n) is 9.91. The first-order chi connectivity index (χ1) is 18.4. The molecule has 0 radical (unpaired) electrons. The van der Waals surface area contributed by atoms with Gasteiger partial charge in [-0.2, -0.15) is 4.98 Å². The molecule has 0 saturated carbocycles. The Balaban J connectivity index is 1.23. The van der Waals surface area contributed by atoms with E-state index in [-0.39, 0.29) is 5.91 Å². The van der Waals surface area contributed by atoms with E-state index in [0.717, 1.165) is 64.6 Å². The fourth-order valence-corrected chi connectivity index (χ4v) is 4.64. The van der Waals surface area contributed by atoms with Gasteiger partial charge >= 0.3 is 0 Å². The summed E-state index contributed by atoms with van der Waals surface area (Å²) in [6.45, 7) is 7.22. The molecule has 1 amide bonds. The number of aromatic nitrogens is 2. The van der Waals surface area contributed by atoms with Crippen LogP contribution in [-0.2, 0) is 11.2 Å². The van der Waals surface area contributed by atoms with Gasteiger partial charge in [0, 0.05) is 31.3 Å². The molecule has 1 N–H and O–H groups in total. The number of aryl methyl sites for hydroxylation is 2. The summed E-state index contributed by atoms with van der Waals surface area (Å²) in [6.07, 6.45) is 0.299. The molecule has 0 aliphatic carbocycles. The molecule has 2 heterocycles. The van der Waals surface area contributed by atoms with E-state index in [4.69, 9.17) is 9.26 Å². The van der Waals surface area contributed by atoms with Crippen molar-refractivity contribution in [1.82, 2.24) is 15.0 Å². The number of amides is 1. The van der Waals surface area contributed by atoms with Crippen molar-refractivity contribution >= 4 is 17.3 Å². The summed E-state index contributed by atoms with van der Waals surface area (Å²) >= 11 is 0.